The van der Waals surface area contributed by atoms with E-state index in [1.807, 2.05) is 50.4 Å². The highest BCUT2D eigenvalue weighted by Crippen LogP contribution is 2.26. The van der Waals surface area contributed by atoms with Crippen molar-refractivity contribution in [1.29, 1.82) is 0 Å². The van der Waals surface area contributed by atoms with Crippen molar-refractivity contribution in [1.82, 2.24) is 5.32 Å². The zero-order valence-corrected chi connectivity index (χ0v) is 12.1. The highest BCUT2D eigenvalue weighted by atomic mass is 19.1. The second-order valence-electron chi connectivity index (χ2n) is 4.74. The topological polar surface area (TPSA) is 21.3 Å². The van der Waals surface area contributed by atoms with E-state index >= 15 is 0 Å². The fourth-order valence-corrected chi connectivity index (χ4v) is 2.32. The third-order valence-corrected chi connectivity index (χ3v) is 3.31. The number of aryl methyl sites for hydroxylation is 1. The molecular weight excluding hydrogens is 253 g/mol. The lowest BCUT2D eigenvalue weighted by Gasteiger charge is -2.19. The van der Waals surface area contributed by atoms with E-state index in [0.717, 1.165) is 16.9 Å². The maximum Gasteiger partial charge on any atom is 0.126 e. The number of hydrogen-bond donors (Lipinski definition) is 1. The third-order valence-electron chi connectivity index (χ3n) is 3.31. The first-order chi connectivity index (χ1) is 9.65. The van der Waals surface area contributed by atoms with Crippen LogP contribution in [0.4, 0.5) is 4.39 Å². The first-order valence-electron chi connectivity index (χ1n) is 6.81. The first kappa shape index (κ1) is 14.5. The normalized spacial score (nSPS) is 12.2. The summed E-state index contributed by atoms with van der Waals surface area (Å²) in [4.78, 5) is 0. The standard InChI is InChI=1S/C17H20FNO/c1-4-20-15-7-5-6-13(11-15)17(19-3)14-8-9-16(18)12(2)10-14/h5-11,17,19H,4H2,1-3H3. The van der Waals surface area contributed by atoms with E-state index in [2.05, 4.69) is 5.32 Å². The molecule has 20 heavy (non-hydrogen) atoms. The molecule has 0 saturated carbocycles. The summed E-state index contributed by atoms with van der Waals surface area (Å²) in [6.45, 7) is 4.39. The summed E-state index contributed by atoms with van der Waals surface area (Å²) in [6.07, 6.45) is 0. The second kappa shape index (κ2) is 6.53. The Morgan fingerprint density at radius 2 is 1.90 bits per heavy atom. The Kier molecular flexibility index (Phi) is 4.74. The van der Waals surface area contributed by atoms with Crippen molar-refractivity contribution in [2.75, 3.05) is 13.7 Å². The number of hydrogen-bond acceptors (Lipinski definition) is 2. The van der Waals surface area contributed by atoms with Crippen molar-refractivity contribution in [2.45, 2.75) is 19.9 Å². The predicted octanol–water partition coefficient (Wildman–Crippen LogP) is 3.84. The monoisotopic (exact) mass is 273 g/mol. The Bertz CT molecular complexity index is 583. The largest absolute Gasteiger partial charge is 0.494 e. The van der Waals surface area contributed by atoms with Gasteiger partial charge in [0, 0.05) is 0 Å². The molecule has 1 atom stereocenters. The molecule has 0 bridgehead atoms. The smallest absolute Gasteiger partial charge is 0.126 e. The quantitative estimate of drug-likeness (QED) is 0.893. The molecule has 2 nitrogen and oxygen atoms in total. The molecule has 0 amide bonds. The molecule has 1 unspecified atom stereocenters. The zero-order chi connectivity index (χ0) is 14.5. The molecule has 0 aromatic heterocycles. The SMILES string of the molecule is CCOc1cccc(C(NC)c2ccc(F)c(C)c2)c1. The molecule has 0 aliphatic rings. The number of halogens is 1. The molecule has 1 N–H and O–H groups in total. The van der Waals surface area contributed by atoms with Crippen LogP contribution < -0.4 is 10.1 Å². The Morgan fingerprint density at radius 1 is 1.15 bits per heavy atom. The predicted molar refractivity (Wildman–Crippen MR) is 79.7 cm³/mol. The van der Waals surface area contributed by atoms with Crippen molar-refractivity contribution >= 4 is 0 Å². The van der Waals surface area contributed by atoms with Crippen molar-refractivity contribution in [3.05, 3.63) is 65.0 Å². The van der Waals surface area contributed by atoms with E-state index in [0.29, 0.717) is 12.2 Å². The van der Waals surface area contributed by atoms with Gasteiger partial charge >= 0.3 is 0 Å². The lowest BCUT2D eigenvalue weighted by molar-refractivity contribution is 0.339. The van der Waals surface area contributed by atoms with Crippen molar-refractivity contribution in [3.8, 4) is 5.75 Å². The average molecular weight is 273 g/mol. The third kappa shape index (κ3) is 3.17. The van der Waals surface area contributed by atoms with Gasteiger partial charge in [0.15, 0.2) is 0 Å². The van der Waals surface area contributed by atoms with Crippen LogP contribution in [-0.2, 0) is 0 Å². The highest BCUT2D eigenvalue weighted by molar-refractivity contribution is 5.38. The molecule has 2 aromatic rings. The van der Waals surface area contributed by atoms with Crippen LogP contribution in [0.1, 0.15) is 29.7 Å². The van der Waals surface area contributed by atoms with Crippen LogP contribution in [0.25, 0.3) is 0 Å². The minimum atomic E-state index is -0.174. The van der Waals surface area contributed by atoms with Crippen LogP contribution in [0.2, 0.25) is 0 Å². The summed E-state index contributed by atoms with van der Waals surface area (Å²) in [5.41, 5.74) is 2.80. The Hall–Kier alpha value is -1.87. The van der Waals surface area contributed by atoms with Gasteiger partial charge in [0.05, 0.1) is 12.6 Å². The van der Waals surface area contributed by atoms with Gasteiger partial charge in [0.1, 0.15) is 11.6 Å². The van der Waals surface area contributed by atoms with Gasteiger partial charge in [-0.1, -0.05) is 24.3 Å². The summed E-state index contributed by atoms with van der Waals surface area (Å²) in [5.74, 6) is 0.677. The minimum absolute atomic E-state index is 0.0229. The van der Waals surface area contributed by atoms with Crippen molar-refractivity contribution in [3.63, 3.8) is 0 Å². The molecular formula is C17H20FNO. The van der Waals surface area contributed by atoms with E-state index in [9.17, 15) is 4.39 Å². The summed E-state index contributed by atoms with van der Waals surface area (Å²) in [5, 5.41) is 3.27. The van der Waals surface area contributed by atoms with E-state index in [4.69, 9.17) is 4.74 Å². The Labute approximate surface area is 119 Å². The number of ether oxygens (including phenoxy) is 1. The van der Waals surface area contributed by atoms with Gasteiger partial charge in [-0.15, -0.1) is 0 Å². The van der Waals surface area contributed by atoms with Gasteiger partial charge in [-0.2, -0.15) is 0 Å². The van der Waals surface area contributed by atoms with Gasteiger partial charge in [-0.25, -0.2) is 4.39 Å². The molecule has 2 aromatic carbocycles. The van der Waals surface area contributed by atoms with Gasteiger partial charge in [0.2, 0.25) is 0 Å². The van der Waals surface area contributed by atoms with E-state index in [1.165, 1.54) is 6.07 Å². The van der Waals surface area contributed by atoms with Crippen LogP contribution in [-0.4, -0.2) is 13.7 Å². The maximum atomic E-state index is 13.4. The molecule has 0 saturated heterocycles. The Balaban J connectivity index is 2.36. The van der Waals surface area contributed by atoms with Gasteiger partial charge < -0.3 is 10.1 Å². The van der Waals surface area contributed by atoms with Crippen molar-refractivity contribution in [2.24, 2.45) is 0 Å². The fourth-order valence-electron chi connectivity index (χ4n) is 2.32. The first-order valence-corrected chi connectivity index (χ1v) is 6.81. The maximum absolute atomic E-state index is 13.4. The summed E-state index contributed by atoms with van der Waals surface area (Å²) < 4.78 is 18.9. The molecule has 0 spiro atoms. The van der Waals surface area contributed by atoms with E-state index in [1.54, 1.807) is 6.92 Å². The second-order valence-corrected chi connectivity index (χ2v) is 4.74. The fraction of sp³-hybridized carbons (Fsp3) is 0.294. The molecule has 2 rings (SSSR count). The van der Waals surface area contributed by atoms with Gasteiger partial charge in [-0.3, -0.25) is 0 Å². The average Bonchev–Trinajstić information content (AvgIpc) is 2.44. The summed E-state index contributed by atoms with van der Waals surface area (Å²) >= 11 is 0. The molecule has 106 valence electrons. The molecule has 0 radical (unpaired) electrons. The molecule has 0 heterocycles. The number of rotatable bonds is 5. The molecule has 3 heteroatoms. The minimum Gasteiger partial charge on any atom is -0.494 e. The van der Waals surface area contributed by atoms with E-state index < -0.39 is 0 Å². The van der Waals surface area contributed by atoms with Crippen LogP contribution in [0.5, 0.6) is 5.75 Å². The number of nitrogens with one attached hydrogen (secondary N) is 1. The summed E-state index contributed by atoms with van der Waals surface area (Å²) in [7, 11) is 1.90. The van der Waals surface area contributed by atoms with Crippen LogP contribution in [0.15, 0.2) is 42.5 Å². The Morgan fingerprint density at radius 3 is 2.55 bits per heavy atom. The van der Waals surface area contributed by atoms with Gasteiger partial charge in [-0.05, 0) is 55.8 Å². The molecule has 0 aliphatic carbocycles. The van der Waals surface area contributed by atoms with E-state index in [-0.39, 0.29) is 11.9 Å². The summed E-state index contributed by atoms with van der Waals surface area (Å²) in [6, 6.07) is 13.2. The van der Waals surface area contributed by atoms with Gasteiger partial charge in [0.25, 0.3) is 0 Å². The van der Waals surface area contributed by atoms with Crippen LogP contribution in [0, 0.1) is 12.7 Å². The molecule has 0 fully saturated rings. The van der Waals surface area contributed by atoms with Crippen LogP contribution >= 0.6 is 0 Å². The lowest BCUT2D eigenvalue weighted by atomic mass is 9.97. The molecule has 0 aliphatic heterocycles. The number of benzene rings is 2. The van der Waals surface area contributed by atoms with Crippen molar-refractivity contribution < 1.29 is 9.13 Å². The lowest BCUT2D eigenvalue weighted by Crippen LogP contribution is -2.18. The zero-order valence-electron chi connectivity index (χ0n) is 12.1. The van der Waals surface area contributed by atoms with Crippen LogP contribution in [0.3, 0.4) is 0 Å². The highest BCUT2D eigenvalue weighted by Gasteiger charge is 2.13.